The van der Waals surface area contributed by atoms with Crippen molar-refractivity contribution in [2.45, 2.75) is 71.1 Å². The molecule has 2 aromatic heterocycles. The van der Waals surface area contributed by atoms with Crippen LogP contribution in [-0.2, 0) is 12.8 Å². The van der Waals surface area contributed by atoms with Crippen LogP contribution in [0.1, 0.15) is 80.1 Å². The van der Waals surface area contributed by atoms with Crippen LogP contribution in [0.4, 0.5) is 0 Å². The largest absolute Gasteiger partial charge is 0.494 e. The lowest BCUT2D eigenvalue weighted by Gasteiger charge is -2.09. The number of allylic oxidation sites excluding steroid dienone is 1. The molecule has 0 bridgehead atoms. The van der Waals surface area contributed by atoms with E-state index in [0.717, 1.165) is 60.4 Å². The lowest BCUT2D eigenvalue weighted by Crippen LogP contribution is -2.12. The predicted molar refractivity (Wildman–Crippen MR) is 136 cm³/mol. The van der Waals surface area contributed by atoms with Crippen LogP contribution in [-0.4, -0.2) is 16.6 Å². The molecule has 0 saturated carbocycles. The van der Waals surface area contributed by atoms with Crippen LogP contribution in [0.25, 0.3) is 21.9 Å². The Bertz CT molecular complexity index is 1220. The van der Waals surface area contributed by atoms with Crippen LogP contribution >= 0.6 is 11.3 Å². The molecule has 0 amide bonds. The van der Waals surface area contributed by atoms with Crippen molar-refractivity contribution in [3.8, 4) is 11.8 Å². The van der Waals surface area contributed by atoms with E-state index in [-0.39, 0.29) is 5.56 Å². The number of hydrogen-bond acceptors (Lipinski definition) is 5. The van der Waals surface area contributed by atoms with E-state index < -0.39 is 0 Å². The first-order valence-electron chi connectivity index (χ1n) is 12.1. The molecule has 6 heteroatoms. The fourth-order valence-electron chi connectivity index (χ4n) is 4.34. The molecule has 1 aromatic carbocycles. The summed E-state index contributed by atoms with van der Waals surface area (Å²) >= 11 is 1.59. The molecule has 0 atom stereocenters. The van der Waals surface area contributed by atoms with Gasteiger partial charge in [0.25, 0.3) is 5.56 Å². The van der Waals surface area contributed by atoms with E-state index in [9.17, 15) is 10.1 Å². The molecule has 1 N–H and O–H groups in total. The van der Waals surface area contributed by atoms with Gasteiger partial charge in [0.05, 0.1) is 17.6 Å². The molecule has 1 aliphatic carbocycles. The number of nitrogens with zero attached hydrogens (tertiary/aromatic N) is 2. The number of hydrogen-bond donors (Lipinski definition) is 1. The monoisotopic (exact) mass is 461 g/mol. The Hall–Kier alpha value is -2.91. The van der Waals surface area contributed by atoms with E-state index in [1.54, 1.807) is 17.4 Å². The number of aromatic nitrogens is 2. The Labute approximate surface area is 199 Å². The van der Waals surface area contributed by atoms with Crippen molar-refractivity contribution in [3.05, 3.63) is 56.4 Å². The van der Waals surface area contributed by atoms with Gasteiger partial charge in [-0.1, -0.05) is 51.2 Å². The van der Waals surface area contributed by atoms with Crippen molar-refractivity contribution in [1.29, 1.82) is 5.26 Å². The Morgan fingerprint density at radius 3 is 2.70 bits per heavy atom. The first-order chi connectivity index (χ1) is 16.2. The van der Waals surface area contributed by atoms with Crippen LogP contribution < -0.4 is 10.3 Å². The first-order valence-corrected chi connectivity index (χ1v) is 12.9. The van der Waals surface area contributed by atoms with Gasteiger partial charge in [-0.15, -0.1) is 11.3 Å². The zero-order valence-corrected chi connectivity index (χ0v) is 20.1. The molecule has 0 unspecified atom stereocenters. The normalized spacial score (nSPS) is 13.6. The number of ether oxygens (including phenoxy) is 1. The molecule has 0 aliphatic heterocycles. The average Bonchev–Trinajstić information content (AvgIpc) is 3.22. The molecule has 0 spiro atoms. The predicted octanol–water partition coefficient (Wildman–Crippen LogP) is 6.67. The molecule has 4 rings (SSSR count). The summed E-state index contributed by atoms with van der Waals surface area (Å²) < 4.78 is 5.84. The van der Waals surface area contributed by atoms with E-state index in [1.807, 2.05) is 24.3 Å². The molecule has 3 aromatic rings. The van der Waals surface area contributed by atoms with Gasteiger partial charge in [-0.05, 0) is 61.4 Å². The SMILES string of the molecule is CCCCCCCCOc1ccc(/C=C(/C#N)c2nc3sc4c(c3c(=O)[nH]2)CCCC4)cc1. The van der Waals surface area contributed by atoms with Crippen molar-refractivity contribution in [3.63, 3.8) is 0 Å². The second-order valence-corrected chi connectivity index (χ2v) is 9.74. The van der Waals surface area contributed by atoms with E-state index in [1.165, 1.54) is 37.0 Å². The number of thiophene rings is 1. The number of nitrogens with one attached hydrogen (secondary N) is 1. The summed E-state index contributed by atoms with van der Waals surface area (Å²) in [5, 5.41) is 10.5. The average molecular weight is 462 g/mol. The highest BCUT2D eigenvalue weighted by Gasteiger charge is 2.20. The zero-order valence-electron chi connectivity index (χ0n) is 19.3. The van der Waals surface area contributed by atoms with E-state index in [0.29, 0.717) is 16.8 Å². The number of fused-ring (bicyclic) bond motifs is 3. The van der Waals surface area contributed by atoms with E-state index >= 15 is 0 Å². The van der Waals surface area contributed by atoms with Crippen LogP contribution in [0, 0.1) is 11.3 Å². The van der Waals surface area contributed by atoms with Crippen LogP contribution in [0.15, 0.2) is 29.1 Å². The maximum absolute atomic E-state index is 12.8. The van der Waals surface area contributed by atoms with Crippen molar-refractivity contribution in [2.24, 2.45) is 0 Å². The number of aromatic amines is 1. The number of nitriles is 1. The Kier molecular flexibility index (Phi) is 7.96. The van der Waals surface area contributed by atoms with Crippen molar-refractivity contribution in [2.75, 3.05) is 6.61 Å². The number of aryl methyl sites for hydroxylation is 2. The Morgan fingerprint density at radius 1 is 1.15 bits per heavy atom. The molecular formula is C27H31N3O2S. The first kappa shape index (κ1) is 23.3. The molecule has 0 radical (unpaired) electrons. The number of rotatable bonds is 10. The molecular weight excluding hydrogens is 430 g/mol. The van der Waals surface area contributed by atoms with Crippen molar-refractivity contribution in [1.82, 2.24) is 9.97 Å². The van der Waals surface area contributed by atoms with Gasteiger partial charge in [0.15, 0.2) is 5.82 Å². The molecule has 1 aliphatic rings. The lowest BCUT2D eigenvalue weighted by molar-refractivity contribution is 0.304. The van der Waals surface area contributed by atoms with E-state index in [4.69, 9.17) is 4.74 Å². The highest BCUT2D eigenvalue weighted by Crippen LogP contribution is 2.34. The maximum Gasteiger partial charge on any atom is 0.260 e. The third-order valence-corrected chi connectivity index (χ3v) is 7.34. The Morgan fingerprint density at radius 2 is 1.91 bits per heavy atom. The summed E-state index contributed by atoms with van der Waals surface area (Å²) in [6, 6.07) is 9.89. The highest BCUT2D eigenvalue weighted by atomic mass is 32.1. The summed E-state index contributed by atoms with van der Waals surface area (Å²) in [6.45, 7) is 2.95. The fraction of sp³-hybridized carbons (Fsp3) is 0.444. The van der Waals surface area contributed by atoms with Gasteiger partial charge in [-0.2, -0.15) is 5.26 Å². The standard InChI is InChI=1S/C27H31N3O2S/c1-2-3-4-5-6-9-16-32-21-14-12-19(13-15-21)17-20(18-28)25-29-26(31)24-22-10-7-8-11-23(22)33-27(24)30-25/h12-15,17H,2-11,16H2,1H3,(H,29,30,31)/b20-17-. The second kappa shape index (κ2) is 11.3. The van der Waals surface area contributed by atoms with E-state index in [2.05, 4.69) is 23.0 Å². The third kappa shape index (κ3) is 5.72. The van der Waals surface area contributed by atoms with Gasteiger partial charge in [0.1, 0.15) is 16.6 Å². The number of H-pyrrole nitrogens is 1. The third-order valence-electron chi connectivity index (χ3n) is 6.16. The van der Waals surface area contributed by atoms with Gasteiger partial charge >= 0.3 is 0 Å². The summed E-state index contributed by atoms with van der Waals surface area (Å²) in [7, 11) is 0. The van der Waals surface area contributed by atoms with Crippen molar-refractivity contribution < 1.29 is 4.74 Å². The van der Waals surface area contributed by atoms with Gasteiger partial charge in [-0.3, -0.25) is 4.79 Å². The smallest absolute Gasteiger partial charge is 0.260 e. The minimum absolute atomic E-state index is 0.144. The number of benzene rings is 1. The lowest BCUT2D eigenvalue weighted by atomic mass is 9.97. The van der Waals surface area contributed by atoms with Gasteiger partial charge < -0.3 is 9.72 Å². The molecule has 33 heavy (non-hydrogen) atoms. The molecule has 2 heterocycles. The van der Waals surface area contributed by atoms with Crippen molar-refractivity contribution >= 4 is 33.2 Å². The van der Waals surface area contributed by atoms with Gasteiger partial charge in [-0.25, -0.2) is 4.98 Å². The minimum Gasteiger partial charge on any atom is -0.494 e. The zero-order chi connectivity index (χ0) is 23.0. The van der Waals surface area contributed by atoms with Crippen LogP contribution in [0.2, 0.25) is 0 Å². The highest BCUT2D eigenvalue weighted by molar-refractivity contribution is 7.18. The summed E-state index contributed by atoms with van der Waals surface area (Å²) in [5.41, 5.74) is 2.22. The molecule has 0 saturated heterocycles. The Balaban J connectivity index is 1.44. The minimum atomic E-state index is -0.144. The molecule has 0 fully saturated rings. The quantitative estimate of drug-likeness (QED) is 0.270. The summed E-state index contributed by atoms with van der Waals surface area (Å²) in [5.74, 6) is 1.16. The van der Waals surface area contributed by atoms with Gasteiger partial charge in [0, 0.05) is 4.88 Å². The summed E-state index contributed by atoms with van der Waals surface area (Å²) in [4.78, 5) is 22.3. The maximum atomic E-state index is 12.8. The summed E-state index contributed by atoms with van der Waals surface area (Å²) in [6.07, 6.45) is 13.4. The topological polar surface area (TPSA) is 78.8 Å². The second-order valence-electron chi connectivity index (χ2n) is 8.66. The van der Waals surface area contributed by atoms with Crippen LogP contribution in [0.5, 0.6) is 5.75 Å². The van der Waals surface area contributed by atoms with Gasteiger partial charge in [0.2, 0.25) is 0 Å². The van der Waals surface area contributed by atoms with Crippen LogP contribution in [0.3, 0.4) is 0 Å². The molecule has 172 valence electrons. The fourth-order valence-corrected chi connectivity index (χ4v) is 5.61. The number of unbranched alkanes of at least 4 members (excludes halogenated alkanes) is 5. The molecule has 5 nitrogen and oxygen atoms in total.